The van der Waals surface area contributed by atoms with E-state index < -0.39 is 0 Å². The lowest BCUT2D eigenvalue weighted by atomic mass is 10.2. The number of benzene rings is 1. The van der Waals surface area contributed by atoms with Crippen LogP contribution in [0.15, 0.2) is 24.3 Å². The Hall–Kier alpha value is -0.840. The molecule has 1 fully saturated rings. The van der Waals surface area contributed by atoms with Gasteiger partial charge in [-0.1, -0.05) is 23.8 Å². The van der Waals surface area contributed by atoms with Crippen LogP contribution in [0.4, 0.5) is 5.69 Å². The number of hydrogen-bond donors (Lipinski definition) is 1. The first-order valence-electron chi connectivity index (χ1n) is 7.16. The first kappa shape index (κ1) is 15.5. The Morgan fingerprint density at radius 2 is 1.75 bits per heavy atom. The summed E-state index contributed by atoms with van der Waals surface area (Å²) >= 11 is 10.8. The van der Waals surface area contributed by atoms with Crippen molar-refractivity contribution in [2.24, 2.45) is 5.73 Å². The van der Waals surface area contributed by atoms with Crippen molar-refractivity contribution in [3.63, 3.8) is 0 Å². The van der Waals surface area contributed by atoms with Crippen LogP contribution < -0.4 is 10.6 Å². The minimum absolute atomic E-state index is 0.637. The molecule has 1 aliphatic heterocycles. The molecule has 0 atom stereocenters. The van der Waals surface area contributed by atoms with E-state index in [2.05, 4.69) is 21.9 Å². The second-order valence-electron chi connectivity index (χ2n) is 5.23. The van der Waals surface area contributed by atoms with Gasteiger partial charge in [-0.05, 0) is 50.1 Å². The highest BCUT2D eigenvalue weighted by molar-refractivity contribution is 7.80. The number of anilines is 1. The van der Waals surface area contributed by atoms with Crippen LogP contribution in [0.3, 0.4) is 0 Å². The Morgan fingerprint density at radius 1 is 1.10 bits per heavy atom. The third-order valence-electron chi connectivity index (χ3n) is 3.71. The third-order valence-corrected chi connectivity index (χ3v) is 4.17. The molecular weight excluding hydrogens is 290 g/mol. The Labute approximate surface area is 131 Å². The van der Waals surface area contributed by atoms with Gasteiger partial charge in [0.2, 0.25) is 0 Å². The minimum atomic E-state index is 0.637. The monoisotopic (exact) mass is 311 g/mol. The van der Waals surface area contributed by atoms with E-state index >= 15 is 0 Å². The zero-order chi connectivity index (χ0) is 14.4. The average Bonchev–Trinajstić information content (AvgIpc) is 2.45. The van der Waals surface area contributed by atoms with Crippen LogP contribution in [0.1, 0.15) is 19.3 Å². The molecule has 5 heteroatoms. The molecule has 110 valence electrons. The molecule has 0 amide bonds. The van der Waals surface area contributed by atoms with Crippen molar-refractivity contribution in [1.82, 2.24) is 4.90 Å². The van der Waals surface area contributed by atoms with Crippen LogP contribution >= 0.6 is 23.8 Å². The van der Waals surface area contributed by atoms with Crippen molar-refractivity contribution in [1.29, 1.82) is 0 Å². The van der Waals surface area contributed by atoms with Crippen LogP contribution in [0.2, 0.25) is 5.02 Å². The maximum absolute atomic E-state index is 5.92. The molecule has 0 bridgehead atoms. The molecule has 0 unspecified atom stereocenters. The summed E-state index contributed by atoms with van der Waals surface area (Å²) in [6.45, 7) is 5.55. The second kappa shape index (κ2) is 7.81. The summed E-state index contributed by atoms with van der Waals surface area (Å²) in [5.74, 6) is 0. The minimum Gasteiger partial charge on any atom is -0.393 e. The van der Waals surface area contributed by atoms with Crippen molar-refractivity contribution in [3.05, 3.63) is 29.3 Å². The van der Waals surface area contributed by atoms with Gasteiger partial charge in [0.1, 0.15) is 0 Å². The summed E-state index contributed by atoms with van der Waals surface area (Å²) < 4.78 is 0. The molecule has 1 saturated heterocycles. The second-order valence-corrected chi connectivity index (χ2v) is 6.19. The highest BCUT2D eigenvalue weighted by Gasteiger charge is 2.16. The van der Waals surface area contributed by atoms with Crippen molar-refractivity contribution in [2.45, 2.75) is 19.3 Å². The lowest BCUT2D eigenvalue weighted by Crippen LogP contribution is -2.46. The summed E-state index contributed by atoms with van der Waals surface area (Å²) in [7, 11) is 0. The number of unbranched alkanes of at least 4 members (excludes halogenated alkanes) is 1. The Balaban J connectivity index is 1.69. The van der Waals surface area contributed by atoms with Gasteiger partial charge in [0, 0.05) is 36.9 Å². The number of piperazine rings is 1. The average molecular weight is 312 g/mol. The molecule has 0 aliphatic carbocycles. The topological polar surface area (TPSA) is 32.5 Å². The summed E-state index contributed by atoms with van der Waals surface area (Å²) in [5, 5.41) is 0.796. The number of nitrogens with zero attached hydrogens (tertiary/aromatic N) is 2. The van der Waals surface area contributed by atoms with Gasteiger partial charge in [-0.3, -0.25) is 4.90 Å². The maximum Gasteiger partial charge on any atom is 0.0727 e. The Kier molecular flexibility index (Phi) is 6.07. The summed E-state index contributed by atoms with van der Waals surface area (Å²) in [6.07, 6.45) is 3.16. The molecule has 1 aromatic carbocycles. The number of rotatable bonds is 6. The van der Waals surface area contributed by atoms with E-state index in [1.54, 1.807) is 0 Å². The smallest absolute Gasteiger partial charge is 0.0727 e. The quantitative estimate of drug-likeness (QED) is 0.647. The van der Waals surface area contributed by atoms with Gasteiger partial charge in [0.15, 0.2) is 0 Å². The zero-order valence-electron chi connectivity index (χ0n) is 11.7. The Bertz CT molecular complexity index is 427. The van der Waals surface area contributed by atoms with Crippen LogP contribution in [0, 0.1) is 0 Å². The fraction of sp³-hybridized carbons (Fsp3) is 0.533. The van der Waals surface area contributed by atoms with E-state index in [9.17, 15) is 0 Å². The molecule has 2 rings (SSSR count). The van der Waals surface area contributed by atoms with Crippen molar-refractivity contribution >= 4 is 34.5 Å². The molecule has 3 nitrogen and oxygen atoms in total. The van der Waals surface area contributed by atoms with Crippen LogP contribution in [-0.4, -0.2) is 42.6 Å². The van der Waals surface area contributed by atoms with Crippen LogP contribution in [0.5, 0.6) is 0 Å². The van der Waals surface area contributed by atoms with E-state index in [0.29, 0.717) is 4.99 Å². The number of halogens is 1. The van der Waals surface area contributed by atoms with Gasteiger partial charge < -0.3 is 10.6 Å². The summed E-state index contributed by atoms with van der Waals surface area (Å²) in [4.78, 5) is 5.57. The summed E-state index contributed by atoms with van der Waals surface area (Å²) in [5.41, 5.74) is 6.77. The lowest BCUT2D eigenvalue weighted by Gasteiger charge is -2.36. The molecule has 2 N–H and O–H groups in total. The lowest BCUT2D eigenvalue weighted by molar-refractivity contribution is 0.253. The standard InChI is InChI=1S/C15H22ClN3S/c16-13-4-6-14(7-5-13)19-11-9-18(10-12-19)8-2-1-3-15(17)20/h4-7H,1-3,8-12H2,(H2,17,20). The third kappa shape index (κ3) is 4.93. The van der Waals surface area contributed by atoms with Crippen LogP contribution in [0.25, 0.3) is 0 Å². The van der Waals surface area contributed by atoms with Crippen molar-refractivity contribution in [2.75, 3.05) is 37.6 Å². The fourth-order valence-electron chi connectivity index (χ4n) is 2.52. The van der Waals surface area contributed by atoms with E-state index in [4.69, 9.17) is 29.6 Å². The molecular formula is C15H22ClN3S. The van der Waals surface area contributed by atoms with Crippen molar-refractivity contribution < 1.29 is 0 Å². The first-order chi connectivity index (χ1) is 9.65. The van der Waals surface area contributed by atoms with E-state index in [1.807, 2.05) is 12.1 Å². The van der Waals surface area contributed by atoms with E-state index in [-0.39, 0.29) is 0 Å². The molecule has 20 heavy (non-hydrogen) atoms. The normalized spacial score (nSPS) is 16.4. The number of hydrogen-bond acceptors (Lipinski definition) is 3. The molecule has 1 heterocycles. The Morgan fingerprint density at radius 3 is 2.35 bits per heavy atom. The summed E-state index contributed by atoms with van der Waals surface area (Å²) in [6, 6.07) is 8.11. The molecule has 0 spiro atoms. The highest BCUT2D eigenvalue weighted by atomic mass is 35.5. The van der Waals surface area contributed by atoms with Gasteiger partial charge in [-0.15, -0.1) is 0 Å². The SMILES string of the molecule is NC(=S)CCCCN1CCN(c2ccc(Cl)cc2)CC1. The zero-order valence-corrected chi connectivity index (χ0v) is 13.3. The van der Waals surface area contributed by atoms with Gasteiger partial charge in [0.25, 0.3) is 0 Å². The molecule has 0 aromatic heterocycles. The predicted molar refractivity (Wildman–Crippen MR) is 90.7 cm³/mol. The van der Waals surface area contributed by atoms with Crippen molar-refractivity contribution in [3.8, 4) is 0 Å². The number of nitrogens with two attached hydrogens (primary N) is 1. The van der Waals surface area contributed by atoms with Gasteiger partial charge in [0.05, 0.1) is 4.99 Å². The van der Waals surface area contributed by atoms with E-state index in [1.165, 1.54) is 12.1 Å². The van der Waals surface area contributed by atoms with E-state index in [0.717, 1.165) is 50.6 Å². The fourth-order valence-corrected chi connectivity index (χ4v) is 2.79. The molecule has 0 saturated carbocycles. The predicted octanol–water partition coefficient (Wildman–Crippen LogP) is 2.92. The molecule has 1 aromatic rings. The van der Waals surface area contributed by atoms with Crippen LogP contribution in [-0.2, 0) is 0 Å². The van der Waals surface area contributed by atoms with Gasteiger partial charge >= 0.3 is 0 Å². The largest absolute Gasteiger partial charge is 0.393 e. The number of thiocarbonyl (C=S) groups is 1. The molecule has 0 radical (unpaired) electrons. The maximum atomic E-state index is 5.92. The van der Waals surface area contributed by atoms with Gasteiger partial charge in [-0.25, -0.2) is 0 Å². The highest BCUT2D eigenvalue weighted by Crippen LogP contribution is 2.19. The first-order valence-corrected chi connectivity index (χ1v) is 7.95. The molecule has 1 aliphatic rings. The van der Waals surface area contributed by atoms with Gasteiger partial charge in [-0.2, -0.15) is 0 Å².